The molecule has 0 saturated carbocycles. The van der Waals surface area contributed by atoms with Gasteiger partial charge in [-0.1, -0.05) is 37.3 Å². The summed E-state index contributed by atoms with van der Waals surface area (Å²) in [6.45, 7) is 6.10. The van der Waals surface area contributed by atoms with Gasteiger partial charge in [-0.3, -0.25) is 0 Å². The van der Waals surface area contributed by atoms with Gasteiger partial charge in [-0.05, 0) is 18.9 Å². The first-order chi connectivity index (χ1) is 10.0. The third-order valence-corrected chi connectivity index (χ3v) is 3.07. The molecule has 2 rings (SSSR count). The van der Waals surface area contributed by atoms with Crippen LogP contribution >= 0.6 is 0 Å². The molecule has 5 nitrogen and oxygen atoms in total. The molecule has 0 aliphatic heterocycles. The minimum atomic E-state index is -0.499. The molecule has 0 aliphatic rings. The Kier molecular flexibility index (Phi) is 4.67. The highest BCUT2D eigenvalue weighted by molar-refractivity contribution is 5.88. The lowest BCUT2D eigenvalue weighted by Gasteiger charge is -2.11. The van der Waals surface area contributed by atoms with Gasteiger partial charge in [0.25, 0.3) is 0 Å². The van der Waals surface area contributed by atoms with Crippen molar-refractivity contribution in [3.8, 4) is 0 Å². The number of carbonyl (C=O) groups is 1. The molecular formula is C15H18FN3O2. The number of nitrogens with zero attached hydrogens (tertiary/aromatic N) is 3. The van der Waals surface area contributed by atoms with E-state index in [9.17, 15) is 9.18 Å². The molecule has 0 amide bonds. The summed E-state index contributed by atoms with van der Waals surface area (Å²) in [7, 11) is 0. The molecule has 0 aliphatic carbocycles. The van der Waals surface area contributed by atoms with Crippen molar-refractivity contribution in [1.82, 2.24) is 15.0 Å². The molecule has 0 unspecified atom stereocenters. The number of hydrogen-bond donors (Lipinski definition) is 0. The summed E-state index contributed by atoms with van der Waals surface area (Å²) in [6.07, 6.45) is 0. The van der Waals surface area contributed by atoms with E-state index in [1.807, 2.05) is 13.8 Å². The first-order valence-corrected chi connectivity index (χ1v) is 6.88. The first-order valence-electron chi connectivity index (χ1n) is 6.88. The smallest absolute Gasteiger partial charge is 0.360 e. The van der Waals surface area contributed by atoms with Crippen molar-refractivity contribution in [2.45, 2.75) is 33.2 Å². The third kappa shape index (κ3) is 3.26. The Hall–Kier alpha value is -2.24. The SMILES string of the molecule is CCOC(=O)c1nnn(Cc2ccccc2F)c1C(C)C. The topological polar surface area (TPSA) is 57.0 Å². The fourth-order valence-electron chi connectivity index (χ4n) is 2.14. The molecule has 112 valence electrons. The number of benzene rings is 1. The molecule has 21 heavy (non-hydrogen) atoms. The van der Waals surface area contributed by atoms with Crippen molar-refractivity contribution >= 4 is 5.97 Å². The second kappa shape index (κ2) is 6.47. The standard InChI is InChI=1S/C15H18FN3O2/c1-4-21-15(20)13-14(10(2)3)19(18-17-13)9-11-7-5-6-8-12(11)16/h5-8,10H,4,9H2,1-3H3. The molecule has 0 bridgehead atoms. The number of hydrogen-bond acceptors (Lipinski definition) is 4. The Balaban J connectivity index is 2.36. The van der Waals surface area contributed by atoms with Crippen LogP contribution in [0.3, 0.4) is 0 Å². The second-order valence-corrected chi connectivity index (χ2v) is 4.95. The predicted octanol–water partition coefficient (Wildman–Crippen LogP) is 2.77. The van der Waals surface area contributed by atoms with E-state index in [0.717, 1.165) is 0 Å². The Morgan fingerprint density at radius 1 is 1.38 bits per heavy atom. The van der Waals surface area contributed by atoms with Gasteiger partial charge in [0.15, 0.2) is 5.69 Å². The lowest BCUT2D eigenvalue weighted by Crippen LogP contribution is -2.13. The summed E-state index contributed by atoms with van der Waals surface area (Å²) in [4.78, 5) is 11.9. The summed E-state index contributed by atoms with van der Waals surface area (Å²) in [5.41, 5.74) is 1.35. The van der Waals surface area contributed by atoms with Crippen LogP contribution in [-0.4, -0.2) is 27.6 Å². The van der Waals surface area contributed by atoms with Crippen molar-refractivity contribution in [2.75, 3.05) is 6.61 Å². The molecule has 6 heteroatoms. The van der Waals surface area contributed by atoms with Crippen molar-refractivity contribution < 1.29 is 13.9 Å². The van der Waals surface area contributed by atoms with Crippen molar-refractivity contribution in [1.29, 1.82) is 0 Å². The Morgan fingerprint density at radius 3 is 2.71 bits per heavy atom. The molecule has 0 atom stereocenters. The lowest BCUT2D eigenvalue weighted by molar-refractivity contribution is 0.0517. The van der Waals surface area contributed by atoms with Crippen LogP contribution in [0.15, 0.2) is 24.3 Å². The van der Waals surface area contributed by atoms with Gasteiger partial charge in [-0.2, -0.15) is 0 Å². The normalized spacial score (nSPS) is 10.9. The minimum Gasteiger partial charge on any atom is -0.461 e. The van der Waals surface area contributed by atoms with Crippen molar-refractivity contribution in [3.05, 3.63) is 47.0 Å². The summed E-state index contributed by atoms with van der Waals surface area (Å²) in [5.74, 6) is -0.785. The van der Waals surface area contributed by atoms with Crippen molar-refractivity contribution in [3.63, 3.8) is 0 Å². The molecule has 0 spiro atoms. The maximum Gasteiger partial charge on any atom is 0.360 e. The zero-order chi connectivity index (χ0) is 15.4. The highest BCUT2D eigenvalue weighted by Gasteiger charge is 2.23. The Bertz CT molecular complexity index is 638. The van der Waals surface area contributed by atoms with E-state index < -0.39 is 5.97 Å². The fraction of sp³-hybridized carbons (Fsp3) is 0.400. The van der Waals surface area contributed by atoms with Gasteiger partial charge >= 0.3 is 5.97 Å². The lowest BCUT2D eigenvalue weighted by atomic mass is 10.1. The second-order valence-electron chi connectivity index (χ2n) is 4.95. The summed E-state index contributed by atoms with van der Waals surface area (Å²) in [6, 6.07) is 6.48. The molecule has 0 fully saturated rings. The van der Waals surface area contributed by atoms with Crippen LogP contribution in [-0.2, 0) is 11.3 Å². The van der Waals surface area contributed by atoms with E-state index in [4.69, 9.17) is 4.74 Å². The summed E-state index contributed by atoms with van der Waals surface area (Å²) in [5, 5.41) is 7.87. The Morgan fingerprint density at radius 2 is 2.10 bits per heavy atom. The quantitative estimate of drug-likeness (QED) is 0.795. The van der Waals surface area contributed by atoms with Crippen LogP contribution in [0.4, 0.5) is 4.39 Å². The van der Waals surface area contributed by atoms with E-state index >= 15 is 0 Å². The van der Waals surface area contributed by atoms with E-state index in [-0.39, 0.29) is 30.6 Å². The van der Waals surface area contributed by atoms with Crippen molar-refractivity contribution in [2.24, 2.45) is 0 Å². The first kappa shape index (κ1) is 15.2. The van der Waals surface area contributed by atoms with Gasteiger partial charge in [0.05, 0.1) is 18.8 Å². The maximum absolute atomic E-state index is 13.7. The molecular weight excluding hydrogens is 273 g/mol. The number of esters is 1. The highest BCUT2D eigenvalue weighted by Crippen LogP contribution is 2.20. The van der Waals surface area contributed by atoms with Crippen LogP contribution in [0.1, 0.15) is 48.4 Å². The Labute approximate surface area is 122 Å². The molecule has 0 radical (unpaired) electrons. The van der Waals surface area contributed by atoms with E-state index in [0.29, 0.717) is 11.3 Å². The monoisotopic (exact) mass is 291 g/mol. The van der Waals surface area contributed by atoms with Gasteiger partial charge in [0.1, 0.15) is 5.82 Å². The van der Waals surface area contributed by atoms with Gasteiger partial charge in [-0.25, -0.2) is 13.9 Å². The van der Waals surface area contributed by atoms with Gasteiger partial charge in [-0.15, -0.1) is 5.10 Å². The van der Waals surface area contributed by atoms with Crippen LogP contribution in [0.5, 0.6) is 0 Å². The molecule has 1 heterocycles. The van der Waals surface area contributed by atoms with E-state index in [2.05, 4.69) is 10.3 Å². The number of aromatic nitrogens is 3. The summed E-state index contributed by atoms with van der Waals surface area (Å²) >= 11 is 0. The molecule has 1 aromatic carbocycles. The van der Waals surface area contributed by atoms with Crippen LogP contribution in [0.25, 0.3) is 0 Å². The van der Waals surface area contributed by atoms with E-state index in [1.165, 1.54) is 6.07 Å². The zero-order valence-corrected chi connectivity index (χ0v) is 12.3. The zero-order valence-electron chi connectivity index (χ0n) is 12.3. The highest BCUT2D eigenvalue weighted by atomic mass is 19.1. The maximum atomic E-state index is 13.7. The van der Waals surface area contributed by atoms with Crippen LogP contribution in [0, 0.1) is 5.82 Å². The summed E-state index contributed by atoms with van der Waals surface area (Å²) < 4.78 is 20.3. The van der Waals surface area contributed by atoms with Gasteiger partial charge in [0, 0.05) is 5.56 Å². The third-order valence-electron chi connectivity index (χ3n) is 3.07. The van der Waals surface area contributed by atoms with Gasteiger partial charge < -0.3 is 4.74 Å². The fourth-order valence-corrected chi connectivity index (χ4v) is 2.14. The average Bonchev–Trinajstić information content (AvgIpc) is 2.85. The largest absolute Gasteiger partial charge is 0.461 e. The van der Waals surface area contributed by atoms with Crippen LogP contribution < -0.4 is 0 Å². The molecule has 2 aromatic rings. The van der Waals surface area contributed by atoms with Crippen LogP contribution in [0.2, 0.25) is 0 Å². The number of ether oxygens (including phenoxy) is 1. The number of rotatable bonds is 5. The molecule has 1 aromatic heterocycles. The number of carbonyl (C=O) groups excluding carboxylic acids is 1. The number of halogens is 1. The molecule has 0 N–H and O–H groups in total. The minimum absolute atomic E-state index is 0.0196. The predicted molar refractivity (Wildman–Crippen MR) is 75.6 cm³/mol. The average molecular weight is 291 g/mol. The molecule has 0 saturated heterocycles. The van der Waals surface area contributed by atoms with Gasteiger partial charge in [0.2, 0.25) is 0 Å². The van der Waals surface area contributed by atoms with E-state index in [1.54, 1.807) is 29.8 Å².